The predicted molar refractivity (Wildman–Crippen MR) is 190 cm³/mol. The van der Waals surface area contributed by atoms with Crippen LogP contribution in [0.2, 0.25) is 0 Å². The second-order valence-corrected chi connectivity index (χ2v) is 16.4. The zero-order chi connectivity index (χ0) is 31.1. The van der Waals surface area contributed by atoms with Crippen molar-refractivity contribution in [3.05, 3.63) is 170 Å². The van der Waals surface area contributed by atoms with Gasteiger partial charge in [0.25, 0.3) is 0 Å². The van der Waals surface area contributed by atoms with E-state index in [1.807, 2.05) is 170 Å². The van der Waals surface area contributed by atoms with Gasteiger partial charge >= 0.3 is 0 Å². The van der Waals surface area contributed by atoms with Gasteiger partial charge in [-0.15, -0.1) is 0 Å². The number of rotatable bonds is 7. The summed E-state index contributed by atoms with van der Waals surface area (Å²) in [6.07, 6.45) is 0. The number of para-hydroxylation sites is 2. The summed E-state index contributed by atoms with van der Waals surface area (Å²) in [7, 11) is -7.24. The quantitative estimate of drug-likeness (QED) is 0.166. The molecular formula is C40H28O4P2. The molecule has 6 heteroatoms. The largest absolute Gasteiger partial charge is 0.452 e. The Kier molecular flexibility index (Phi) is 6.99. The zero-order valence-corrected chi connectivity index (χ0v) is 26.5. The Hall–Kier alpha value is -5.14. The molecule has 0 saturated heterocycles. The molecule has 0 N–H and O–H groups in total. The van der Waals surface area contributed by atoms with E-state index in [9.17, 15) is 0 Å². The summed E-state index contributed by atoms with van der Waals surface area (Å²) >= 11 is 0. The van der Waals surface area contributed by atoms with Gasteiger partial charge in [0.1, 0.15) is 11.2 Å². The van der Waals surface area contributed by atoms with Crippen LogP contribution in [-0.4, -0.2) is 0 Å². The highest BCUT2D eigenvalue weighted by Gasteiger charge is 2.42. The molecule has 0 atom stereocenters. The Morgan fingerprint density at radius 2 is 0.587 bits per heavy atom. The highest BCUT2D eigenvalue weighted by molar-refractivity contribution is 7.86. The van der Waals surface area contributed by atoms with Crippen LogP contribution in [-0.2, 0) is 9.13 Å². The first-order chi connectivity index (χ1) is 22.6. The van der Waals surface area contributed by atoms with E-state index < -0.39 is 14.3 Å². The van der Waals surface area contributed by atoms with E-state index in [2.05, 4.69) is 0 Å². The Balaban J connectivity index is 1.56. The van der Waals surface area contributed by atoms with Gasteiger partial charge in [-0.1, -0.05) is 158 Å². The first-order valence-electron chi connectivity index (χ1n) is 15.1. The van der Waals surface area contributed by atoms with Crippen LogP contribution >= 0.6 is 14.3 Å². The van der Waals surface area contributed by atoms with Crippen LogP contribution < -0.4 is 32.2 Å². The number of benzene rings is 6. The molecular weight excluding hydrogens is 606 g/mol. The minimum atomic E-state index is -3.62. The molecule has 0 fully saturated rings. The van der Waals surface area contributed by atoms with E-state index >= 15 is 9.13 Å². The lowest BCUT2D eigenvalue weighted by molar-refractivity contribution is 0.579. The molecule has 46 heavy (non-hydrogen) atoms. The molecule has 6 aromatic carbocycles. The summed E-state index contributed by atoms with van der Waals surface area (Å²) in [6, 6.07) is 53.3. The molecule has 0 saturated carbocycles. The maximum absolute atomic E-state index is 15.9. The van der Waals surface area contributed by atoms with E-state index in [0.29, 0.717) is 54.5 Å². The minimum absolute atomic E-state index is 0.326. The van der Waals surface area contributed by atoms with Gasteiger partial charge in [-0.2, -0.15) is 0 Å². The van der Waals surface area contributed by atoms with Crippen LogP contribution in [0, 0.1) is 0 Å². The third-order valence-electron chi connectivity index (χ3n) is 8.46. The maximum atomic E-state index is 15.9. The van der Waals surface area contributed by atoms with E-state index in [0.717, 1.165) is 10.8 Å². The summed E-state index contributed by atoms with van der Waals surface area (Å²) in [5.74, 6) is 0. The van der Waals surface area contributed by atoms with Crippen LogP contribution in [0.4, 0.5) is 0 Å². The van der Waals surface area contributed by atoms with E-state index in [1.165, 1.54) is 0 Å². The van der Waals surface area contributed by atoms with Crippen molar-refractivity contribution in [2.75, 3.05) is 0 Å². The smallest absolute Gasteiger partial charge is 0.205 e. The first-order valence-corrected chi connectivity index (χ1v) is 18.5. The van der Waals surface area contributed by atoms with Crippen molar-refractivity contribution < 1.29 is 18.0 Å². The molecule has 0 aliphatic heterocycles. The first kappa shape index (κ1) is 28.3. The minimum Gasteiger partial charge on any atom is -0.452 e. The molecule has 0 aliphatic carbocycles. The van der Waals surface area contributed by atoms with Gasteiger partial charge in [0.15, 0.2) is 11.0 Å². The highest BCUT2D eigenvalue weighted by Crippen LogP contribution is 2.53. The van der Waals surface area contributed by atoms with Gasteiger partial charge in [0.2, 0.25) is 14.3 Å². The molecule has 8 aromatic rings. The SMILES string of the molecule is O=P(c1ccccc1)(c1ccccc1)c1oc2ccccc2c1-c1c(P(=O)(c2ccccc2)c2ccccc2)oc2ccccc12. The third-order valence-corrected chi connectivity index (χ3v) is 14.3. The molecule has 2 aromatic heterocycles. The van der Waals surface area contributed by atoms with Gasteiger partial charge in [-0.05, 0) is 12.1 Å². The fourth-order valence-corrected chi connectivity index (χ4v) is 11.8. The van der Waals surface area contributed by atoms with Crippen molar-refractivity contribution in [1.29, 1.82) is 0 Å². The van der Waals surface area contributed by atoms with Crippen molar-refractivity contribution in [3.63, 3.8) is 0 Å². The Morgan fingerprint density at radius 1 is 0.326 bits per heavy atom. The molecule has 0 spiro atoms. The molecule has 8 rings (SSSR count). The molecule has 0 bridgehead atoms. The molecule has 0 radical (unpaired) electrons. The number of furan rings is 2. The van der Waals surface area contributed by atoms with Crippen molar-refractivity contribution in [2.45, 2.75) is 0 Å². The average molecular weight is 635 g/mol. The average Bonchev–Trinajstić information content (AvgIpc) is 3.71. The van der Waals surface area contributed by atoms with Crippen LogP contribution in [0.15, 0.2) is 179 Å². The van der Waals surface area contributed by atoms with Crippen LogP contribution in [0.25, 0.3) is 33.1 Å². The van der Waals surface area contributed by atoms with Gasteiger partial charge in [0.05, 0.1) is 0 Å². The molecule has 0 amide bonds. The second-order valence-electron chi connectivity index (χ2n) is 11.1. The van der Waals surface area contributed by atoms with Gasteiger partial charge in [0, 0.05) is 43.1 Å². The van der Waals surface area contributed by atoms with E-state index in [4.69, 9.17) is 8.83 Å². The second kappa shape index (κ2) is 11.3. The third kappa shape index (κ3) is 4.37. The monoisotopic (exact) mass is 634 g/mol. The Labute approximate surface area is 266 Å². The van der Waals surface area contributed by atoms with Crippen LogP contribution in [0.1, 0.15) is 0 Å². The lowest BCUT2D eigenvalue weighted by Crippen LogP contribution is -2.28. The number of hydrogen-bond acceptors (Lipinski definition) is 4. The fraction of sp³-hybridized carbons (Fsp3) is 0. The molecule has 0 aliphatic rings. The molecule has 2 heterocycles. The molecule has 0 unspecified atom stereocenters. The van der Waals surface area contributed by atoms with Crippen molar-refractivity contribution in [3.8, 4) is 11.1 Å². The summed E-state index contributed by atoms with van der Waals surface area (Å²) < 4.78 is 45.4. The highest BCUT2D eigenvalue weighted by atomic mass is 31.2. The number of hydrogen-bond donors (Lipinski definition) is 0. The summed E-state index contributed by atoms with van der Waals surface area (Å²) in [6.45, 7) is 0. The Bertz CT molecular complexity index is 2150. The van der Waals surface area contributed by atoms with Crippen LogP contribution in [0.3, 0.4) is 0 Å². The lowest BCUT2D eigenvalue weighted by Gasteiger charge is -2.21. The molecule has 4 nitrogen and oxygen atoms in total. The summed E-state index contributed by atoms with van der Waals surface area (Å²) in [5, 5.41) is 4.11. The number of fused-ring (bicyclic) bond motifs is 2. The predicted octanol–water partition coefficient (Wildman–Crippen LogP) is 8.12. The zero-order valence-electron chi connectivity index (χ0n) is 24.7. The van der Waals surface area contributed by atoms with Crippen LogP contribution in [0.5, 0.6) is 0 Å². The Morgan fingerprint density at radius 3 is 0.891 bits per heavy atom. The van der Waals surface area contributed by atoms with Gasteiger partial charge in [-0.25, -0.2) is 0 Å². The fourth-order valence-electron chi connectivity index (χ4n) is 6.31. The van der Waals surface area contributed by atoms with Crippen molar-refractivity contribution in [2.24, 2.45) is 0 Å². The van der Waals surface area contributed by atoms with E-state index in [1.54, 1.807) is 0 Å². The van der Waals surface area contributed by atoms with Crippen molar-refractivity contribution in [1.82, 2.24) is 0 Å². The normalized spacial score (nSPS) is 12.1. The maximum Gasteiger partial charge on any atom is 0.205 e. The summed E-state index contributed by atoms with van der Waals surface area (Å²) in [5.41, 5.74) is 3.07. The topological polar surface area (TPSA) is 60.4 Å². The summed E-state index contributed by atoms with van der Waals surface area (Å²) in [4.78, 5) is 0. The molecule has 222 valence electrons. The van der Waals surface area contributed by atoms with E-state index in [-0.39, 0.29) is 0 Å². The lowest BCUT2D eigenvalue weighted by atomic mass is 10.0. The van der Waals surface area contributed by atoms with Crippen molar-refractivity contribution >= 4 is 68.4 Å². The van der Waals surface area contributed by atoms with Gasteiger partial charge in [-0.3, -0.25) is 0 Å². The standard InChI is InChI=1S/C40H28O4P2/c41-45(29-17-5-1-6-18-29,30-19-7-2-8-20-30)39-37(33-25-13-15-27-35(33)43-39)38-34-26-14-16-28-36(34)44-40(38)46(42,31-21-9-3-10-22-31)32-23-11-4-12-24-32/h1-28H. The van der Waals surface area contributed by atoms with Gasteiger partial charge < -0.3 is 18.0 Å².